The van der Waals surface area contributed by atoms with Crippen LogP contribution < -0.4 is 19.4 Å². The van der Waals surface area contributed by atoms with E-state index in [9.17, 15) is 9.18 Å². The molecule has 38 heavy (non-hydrogen) atoms. The molecule has 0 spiro atoms. The highest BCUT2D eigenvalue weighted by Gasteiger charge is 2.37. The third-order valence-electron chi connectivity index (χ3n) is 7.01. The van der Waals surface area contributed by atoms with E-state index in [0.717, 1.165) is 30.0 Å². The minimum atomic E-state index is -0.251. The lowest BCUT2D eigenvalue weighted by Crippen LogP contribution is -2.38. The Bertz CT molecular complexity index is 1270. The van der Waals surface area contributed by atoms with Gasteiger partial charge in [0.15, 0.2) is 5.82 Å². The Morgan fingerprint density at radius 2 is 1.76 bits per heavy atom. The Balaban J connectivity index is 1.24. The van der Waals surface area contributed by atoms with Crippen LogP contribution in [0.1, 0.15) is 25.6 Å². The van der Waals surface area contributed by atoms with Gasteiger partial charge >= 0.3 is 0 Å². The van der Waals surface area contributed by atoms with Crippen molar-refractivity contribution < 1.29 is 23.4 Å². The number of halogens is 1. The number of carbonyl (C=O) groups is 1. The summed E-state index contributed by atoms with van der Waals surface area (Å²) in [4.78, 5) is 21.6. The van der Waals surface area contributed by atoms with Crippen molar-refractivity contribution in [2.75, 3.05) is 36.7 Å². The average Bonchev–Trinajstić information content (AvgIpc) is 3.29. The molecule has 0 amide bonds. The van der Waals surface area contributed by atoms with Gasteiger partial charge in [0.05, 0.1) is 24.5 Å². The van der Waals surface area contributed by atoms with Gasteiger partial charge in [-0.05, 0) is 42.5 Å². The van der Waals surface area contributed by atoms with Crippen molar-refractivity contribution in [1.29, 1.82) is 0 Å². The zero-order valence-corrected chi connectivity index (χ0v) is 21.4. The van der Waals surface area contributed by atoms with Gasteiger partial charge in [-0.15, -0.1) is 0 Å². The Labute approximate surface area is 220 Å². The lowest BCUT2D eigenvalue weighted by atomic mass is 9.97. The van der Waals surface area contributed by atoms with E-state index in [0.29, 0.717) is 36.8 Å². The molecule has 0 saturated carbocycles. The number of rotatable bonds is 9. The van der Waals surface area contributed by atoms with E-state index >= 15 is 0 Å². The molecule has 1 fully saturated rings. The van der Waals surface area contributed by atoms with Crippen LogP contribution in [-0.2, 0) is 9.53 Å². The van der Waals surface area contributed by atoms with E-state index in [4.69, 9.17) is 19.3 Å². The van der Waals surface area contributed by atoms with Crippen molar-refractivity contribution in [2.24, 2.45) is 11.0 Å². The molecule has 1 saturated heterocycles. The normalized spacial score (nSPS) is 19.7. The number of aromatic nitrogens is 2. The fourth-order valence-corrected chi connectivity index (χ4v) is 4.90. The van der Waals surface area contributed by atoms with Crippen molar-refractivity contribution in [1.82, 2.24) is 9.97 Å². The molecule has 0 N–H and O–H groups in total. The average molecular weight is 520 g/mol. The molecule has 0 radical (unpaired) electrons. The van der Waals surface area contributed by atoms with Crippen LogP contribution in [0.15, 0.2) is 66.0 Å². The maximum absolute atomic E-state index is 14.4. The van der Waals surface area contributed by atoms with E-state index in [2.05, 4.69) is 9.97 Å². The SMILES string of the molecule is COc1ccc(F)c(N2CCC(Oc3ccc(N4N=C(c5ncccn5)C(C)C4COC=O)cc3)CC2)c1. The standard InChI is InChI=1S/C28H30FN5O4/c1-19-26(17-37-18-35)34(32-27(19)28-30-12-3-13-31-28)20-4-6-21(7-5-20)38-22-10-14-33(15-11-22)25-16-23(36-2)8-9-24(25)29/h3-9,12-13,16,18-19,22,26H,10-11,14-15,17H2,1-2H3. The van der Waals surface area contributed by atoms with E-state index in [1.54, 1.807) is 37.7 Å². The van der Waals surface area contributed by atoms with Crippen LogP contribution in [0.5, 0.6) is 11.5 Å². The van der Waals surface area contributed by atoms with Crippen molar-refractivity contribution in [3.63, 3.8) is 0 Å². The molecule has 5 rings (SSSR count). The molecule has 2 unspecified atom stereocenters. The number of hydrogen-bond acceptors (Lipinski definition) is 9. The van der Waals surface area contributed by atoms with Gasteiger partial charge in [-0.3, -0.25) is 9.80 Å². The molecule has 3 heterocycles. The number of benzene rings is 2. The number of methoxy groups -OCH3 is 1. The summed E-state index contributed by atoms with van der Waals surface area (Å²) in [6.07, 6.45) is 4.95. The molecular weight excluding hydrogens is 489 g/mol. The molecule has 2 aliphatic rings. The fourth-order valence-electron chi connectivity index (χ4n) is 4.90. The van der Waals surface area contributed by atoms with Crippen LogP contribution in [-0.4, -0.2) is 61.1 Å². The maximum atomic E-state index is 14.4. The second-order valence-corrected chi connectivity index (χ2v) is 9.30. The van der Waals surface area contributed by atoms with Crippen LogP contribution in [0.3, 0.4) is 0 Å². The molecule has 9 nitrogen and oxygen atoms in total. The topological polar surface area (TPSA) is 89.4 Å². The lowest BCUT2D eigenvalue weighted by molar-refractivity contribution is -0.129. The molecule has 2 aliphatic heterocycles. The zero-order valence-electron chi connectivity index (χ0n) is 21.4. The molecule has 198 valence electrons. The maximum Gasteiger partial charge on any atom is 0.293 e. The van der Waals surface area contributed by atoms with Gasteiger partial charge < -0.3 is 19.1 Å². The number of nitrogens with zero attached hydrogens (tertiary/aromatic N) is 5. The van der Waals surface area contributed by atoms with Crippen LogP contribution >= 0.6 is 0 Å². The molecule has 10 heteroatoms. The first-order valence-corrected chi connectivity index (χ1v) is 12.6. The Morgan fingerprint density at radius 1 is 1.05 bits per heavy atom. The first-order valence-electron chi connectivity index (χ1n) is 12.6. The molecule has 2 atom stereocenters. The minimum Gasteiger partial charge on any atom is -0.497 e. The highest BCUT2D eigenvalue weighted by atomic mass is 19.1. The summed E-state index contributed by atoms with van der Waals surface area (Å²) in [6.45, 7) is 4.04. The number of carbonyl (C=O) groups excluding carboxylic acids is 1. The van der Waals surface area contributed by atoms with E-state index in [-0.39, 0.29) is 30.5 Å². The van der Waals surface area contributed by atoms with E-state index < -0.39 is 0 Å². The number of hydrazone groups is 1. The van der Waals surface area contributed by atoms with Crippen molar-refractivity contribution in [3.8, 4) is 11.5 Å². The van der Waals surface area contributed by atoms with E-state index in [1.807, 2.05) is 41.1 Å². The predicted molar refractivity (Wildman–Crippen MR) is 141 cm³/mol. The Hall–Kier alpha value is -4.21. The number of piperidine rings is 1. The highest BCUT2D eigenvalue weighted by molar-refractivity contribution is 6.01. The van der Waals surface area contributed by atoms with Crippen LogP contribution in [0.25, 0.3) is 0 Å². The molecule has 0 aliphatic carbocycles. The fraction of sp³-hybridized carbons (Fsp3) is 0.357. The smallest absolute Gasteiger partial charge is 0.293 e. The Morgan fingerprint density at radius 3 is 2.45 bits per heavy atom. The lowest BCUT2D eigenvalue weighted by Gasteiger charge is -2.34. The summed E-state index contributed by atoms with van der Waals surface area (Å²) in [6, 6.07) is 14.1. The zero-order chi connectivity index (χ0) is 26.5. The molecule has 0 bridgehead atoms. The second-order valence-electron chi connectivity index (χ2n) is 9.30. The van der Waals surface area contributed by atoms with Gasteiger partial charge in [-0.25, -0.2) is 14.4 Å². The van der Waals surface area contributed by atoms with Gasteiger partial charge in [0.25, 0.3) is 6.47 Å². The van der Waals surface area contributed by atoms with Crippen molar-refractivity contribution in [3.05, 3.63) is 72.6 Å². The highest BCUT2D eigenvalue weighted by Crippen LogP contribution is 2.32. The van der Waals surface area contributed by atoms with Crippen LogP contribution in [0, 0.1) is 11.7 Å². The number of ether oxygens (including phenoxy) is 3. The van der Waals surface area contributed by atoms with Gasteiger partial charge in [-0.1, -0.05) is 6.92 Å². The minimum absolute atomic E-state index is 0.0335. The summed E-state index contributed by atoms with van der Waals surface area (Å²) < 4.78 is 31.0. The summed E-state index contributed by atoms with van der Waals surface area (Å²) >= 11 is 0. The van der Waals surface area contributed by atoms with Gasteiger partial charge in [0, 0.05) is 50.3 Å². The quantitative estimate of drug-likeness (QED) is 0.391. The Kier molecular flexibility index (Phi) is 7.67. The van der Waals surface area contributed by atoms with Crippen molar-refractivity contribution >= 4 is 23.6 Å². The molecular formula is C28H30FN5O4. The van der Waals surface area contributed by atoms with E-state index in [1.165, 1.54) is 6.07 Å². The van der Waals surface area contributed by atoms with Crippen molar-refractivity contribution in [2.45, 2.75) is 31.9 Å². The first-order chi connectivity index (χ1) is 18.6. The van der Waals surface area contributed by atoms with Gasteiger partial charge in [-0.2, -0.15) is 5.10 Å². The molecule has 2 aromatic carbocycles. The third kappa shape index (κ3) is 5.39. The van der Waals surface area contributed by atoms with Crippen LogP contribution in [0.4, 0.5) is 15.8 Å². The van der Waals surface area contributed by atoms with Gasteiger partial charge in [0.1, 0.15) is 35.7 Å². The second kappa shape index (κ2) is 11.5. The van der Waals surface area contributed by atoms with Gasteiger partial charge in [0.2, 0.25) is 0 Å². The molecule has 3 aromatic rings. The summed E-state index contributed by atoms with van der Waals surface area (Å²) in [5.41, 5.74) is 2.14. The predicted octanol–water partition coefficient (Wildman–Crippen LogP) is 4.07. The van der Waals surface area contributed by atoms with Crippen LogP contribution in [0.2, 0.25) is 0 Å². The summed E-state index contributed by atoms with van der Waals surface area (Å²) in [7, 11) is 1.58. The monoisotopic (exact) mass is 519 g/mol. The third-order valence-corrected chi connectivity index (χ3v) is 7.01. The first kappa shape index (κ1) is 25.4. The number of hydrogen-bond donors (Lipinski definition) is 0. The number of anilines is 2. The largest absolute Gasteiger partial charge is 0.497 e. The summed E-state index contributed by atoms with van der Waals surface area (Å²) in [5, 5.41) is 6.64. The summed E-state index contributed by atoms with van der Waals surface area (Å²) in [5.74, 6) is 1.65. The molecule has 1 aromatic heterocycles.